The van der Waals surface area contributed by atoms with E-state index in [0.717, 1.165) is 11.3 Å². The lowest BCUT2D eigenvalue weighted by Gasteiger charge is -2.12. The van der Waals surface area contributed by atoms with Crippen molar-refractivity contribution >= 4 is 17.7 Å². The van der Waals surface area contributed by atoms with Gasteiger partial charge in [0.05, 0.1) is 0 Å². The molecule has 1 N–H and O–H groups in total. The summed E-state index contributed by atoms with van der Waals surface area (Å²) in [5.74, 6) is -0.592. The number of rotatable bonds is 5. The monoisotopic (exact) mass is 298 g/mol. The lowest BCUT2D eigenvalue weighted by atomic mass is 10.2. The van der Waals surface area contributed by atoms with Crippen LogP contribution in [0.5, 0.6) is 0 Å². The van der Waals surface area contributed by atoms with Gasteiger partial charge in [-0.3, -0.25) is 4.79 Å². The third kappa shape index (κ3) is 4.45. The molecule has 0 aliphatic carbocycles. The van der Waals surface area contributed by atoms with Crippen molar-refractivity contribution in [1.29, 1.82) is 0 Å². The summed E-state index contributed by atoms with van der Waals surface area (Å²) in [6, 6.07) is 14.3. The van der Waals surface area contributed by atoms with Crippen molar-refractivity contribution in [2.75, 3.05) is 19.0 Å². The Bertz CT molecular complexity index is 663. The molecule has 114 valence electrons. The summed E-state index contributed by atoms with van der Waals surface area (Å²) in [6.45, 7) is 0.439. The number of amides is 1. The van der Waals surface area contributed by atoms with Crippen LogP contribution in [0.3, 0.4) is 0 Å². The molecule has 0 aromatic heterocycles. The van der Waals surface area contributed by atoms with Gasteiger partial charge in [-0.05, 0) is 29.8 Å². The van der Waals surface area contributed by atoms with Crippen molar-refractivity contribution in [2.24, 2.45) is 0 Å². The average molecular weight is 298 g/mol. The van der Waals surface area contributed by atoms with E-state index in [-0.39, 0.29) is 11.7 Å². The van der Waals surface area contributed by atoms with Gasteiger partial charge in [-0.1, -0.05) is 30.3 Å². The van der Waals surface area contributed by atoms with Crippen LogP contribution in [0.2, 0.25) is 0 Å². The summed E-state index contributed by atoms with van der Waals surface area (Å²) in [5, 5.41) is 2.78. The normalized spacial score (nSPS) is 10.7. The highest BCUT2D eigenvalue weighted by molar-refractivity contribution is 5.91. The molecule has 4 heteroatoms. The van der Waals surface area contributed by atoms with Gasteiger partial charge in [0.25, 0.3) is 0 Å². The van der Waals surface area contributed by atoms with Gasteiger partial charge in [-0.15, -0.1) is 0 Å². The van der Waals surface area contributed by atoms with Crippen molar-refractivity contribution in [3.63, 3.8) is 0 Å². The summed E-state index contributed by atoms with van der Waals surface area (Å²) in [7, 11) is 3.95. The number of halogens is 1. The molecule has 0 heterocycles. The minimum absolute atomic E-state index is 0.250. The second-order valence-electron chi connectivity index (χ2n) is 5.13. The topological polar surface area (TPSA) is 32.3 Å². The van der Waals surface area contributed by atoms with Gasteiger partial charge in [0.15, 0.2) is 0 Å². The largest absolute Gasteiger partial charge is 0.378 e. The fourth-order valence-electron chi connectivity index (χ4n) is 1.94. The van der Waals surface area contributed by atoms with Crippen molar-refractivity contribution < 1.29 is 9.18 Å². The fourth-order valence-corrected chi connectivity index (χ4v) is 1.94. The van der Waals surface area contributed by atoms with Crippen LogP contribution in [-0.2, 0) is 11.3 Å². The van der Waals surface area contributed by atoms with E-state index in [2.05, 4.69) is 5.32 Å². The smallest absolute Gasteiger partial charge is 0.244 e. The van der Waals surface area contributed by atoms with Crippen LogP contribution < -0.4 is 10.2 Å². The van der Waals surface area contributed by atoms with Gasteiger partial charge in [0.1, 0.15) is 5.82 Å². The van der Waals surface area contributed by atoms with E-state index >= 15 is 0 Å². The summed E-state index contributed by atoms with van der Waals surface area (Å²) >= 11 is 0. The van der Waals surface area contributed by atoms with Gasteiger partial charge in [-0.2, -0.15) is 0 Å². The Kier molecular flexibility index (Phi) is 5.31. The van der Waals surface area contributed by atoms with Gasteiger partial charge in [0, 0.05) is 38.0 Å². The Labute approximate surface area is 130 Å². The lowest BCUT2D eigenvalue weighted by molar-refractivity contribution is -0.116. The molecule has 0 bridgehead atoms. The maximum Gasteiger partial charge on any atom is 0.244 e. The van der Waals surface area contributed by atoms with Gasteiger partial charge in [0.2, 0.25) is 5.91 Å². The number of carbonyl (C=O) groups is 1. The number of nitrogens with one attached hydrogen (secondary N) is 1. The van der Waals surface area contributed by atoms with Crippen LogP contribution >= 0.6 is 0 Å². The number of carbonyl (C=O) groups excluding carboxylic acids is 1. The molecular formula is C18H19FN2O. The number of benzene rings is 2. The number of hydrogen-bond acceptors (Lipinski definition) is 2. The highest BCUT2D eigenvalue weighted by Gasteiger charge is 2.00. The first-order chi connectivity index (χ1) is 10.6. The summed E-state index contributed by atoms with van der Waals surface area (Å²) < 4.78 is 13.4. The van der Waals surface area contributed by atoms with E-state index < -0.39 is 0 Å². The van der Waals surface area contributed by atoms with E-state index in [1.54, 1.807) is 18.2 Å². The molecule has 2 rings (SSSR count). The Morgan fingerprint density at radius 2 is 1.82 bits per heavy atom. The van der Waals surface area contributed by atoms with Gasteiger partial charge >= 0.3 is 0 Å². The van der Waals surface area contributed by atoms with Crippen LogP contribution in [0.15, 0.2) is 54.6 Å². The minimum Gasteiger partial charge on any atom is -0.378 e. The van der Waals surface area contributed by atoms with Crippen LogP contribution in [0.1, 0.15) is 11.1 Å². The quantitative estimate of drug-likeness (QED) is 0.860. The molecule has 1 amide bonds. The molecule has 0 aliphatic rings. The third-order valence-corrected chi connectivity index (χ3v) is 3.24. The SMILES string of the molecule is CN(C)c1ccc(CNC(=O)/C=C/c2ccccc2F)cc1. The van der Waals surface area contributed by atoms with Crippen molar-refractivity contribution in [1.82, 2.24) is 5.32 Å². The van der Waals surface area contributed by atoms with Gasteiger partial charge < -0.3 is 10.2 Å². The standard InChI is InChI=1S/C18H19FN2O/c1-21(2)16-10-7-14(8-11-16)13-20-18(22)12-9-15-5-3-4-6-17(15)19/h3-12H,13H2,1-2H3,(H,20,22)/b12-9+. The first-order valence-electron chi connectivity index (χ1n) is 7.03. The Hall–Kier alpha value is -2.62. The van der Waals surface area contributed by atoms with E-state index in [1.807, 2.05) is 43.3 Å². The van der Waals surface area contributed by atoms with Crippen LogP contribution in [-0.4, -0.2) is 20.0 Å². The predicted octanol–water partition coefficient (Wildman–Crippen LogP) is 3.22. The minimum atomic E-state index is -0.342. The van der Waals surface area contributed by atoms with Crippen molar-refractivity contribution in [3.05, 3.63) is 71.6 Å². The zero-order valence-electron chi connectivity index (χ0n) is 12.7. The first kappa shape index (κ1) is 15.8. The number of hydrogen-bond donors (Lipinski definition) is 1. The molecule has 22 heavy (non-hydrogen) atoms. The van der Waals surface area contributed by atoms with E-state index in [1.165, 1.54) is 18.2 Å². The molecule has 3 nitrogen and oxygen atoms in total. The second kappa shape index (κ2) is 7.41. The Morgan fingerprint density at radius 1 is 1.14 bits per heavy atom. The maximum atomic E-state index is 13.4. The van der Waals surface area contributed by atoms with Gasteiger partial charge in [-0.25, -0.2) is 4.39 Å². The summed E-state index contributed by atoms with van der Waals surface area (Å²) in [6.07, 6.45) is 2.81. The van der Waals surface area contributed by atoms with Crippen LogP contribution in [0.4, 0.5) is 10.1 Å². The fraction of sp³-hybridized carbons (Fsp3) is 0.167. The van der Waals surface area contributed by atoms with E-state index in [4.69, 9.17) is 0 Å². The van der Waals surface area contributed by atoms with Crippen molar-refractivity contribution in [2.45, 2.75) is 6.54 Å². The van der Waals surface area contributed by atoms with E-state index in [0.29, 0.717) is 12.1 Å². The van der Waals surface area contributed by atoms with Crippen LogP contribution in [0, 0.1) is 5.82 Å². The Morgan fingerprint density at radius 3 is 2.45 bits per heavy atom. The molecule has 2 aromatic rings. The molecule has 2 aromatic carbocycles. The summed E-state index contributed by atoms with van der Waals surface area (Å²) in [5.41, 5.74) is 2.51. The molecule has 0 saturated heterocycles. The second-order valence-corrected chi connectivity index (χ2v) is 5.13. The lowest BCUT2D eigenvalue weighted by Crippen LogP contribution is -2.20. The average Bonchev–Trinajstić information content (AvgIpc) is 2.52. The molecule has 0 atom stereocenters. The molecule has 0 fully saturated rings. The van der Waals surface area contributed by atoms with E-state index in [9.17, 15) is 9.18 Å². The third-order valence-electron chi connectivity index (χ3n) is 3.24. The van der Waals surface area contributed by atoms with Crippen LogP contribution in [0.25, 0.3) is 6.08 Å². The van der Waals surface area contributed by atoms with Crippen molar-refractivity contribution in [3.8, 4) is 0 Å². The molecule has 0 saturated carbocycles. The number of nitrogens with zero attached hydrogens (tertiary/aromatic N) is 1. The predicted molar refractivity (Wildman–Crippen MR) is 88.0 cm³/mol. The zero-order valence-corrected chi connectivity index (χ0v) is 12.7. The molecular weight excluding hydrogens is 279 g/mol. The molecule has 0 spiro atoms. The Balaban J connectivity index is 1.89. The highest BCUT2D eigenvalue weighted by Crippen LogP contribution is 2.12. The highest BCUT2D eigenvalue weighted by atomic mass is 19.1. The zero-order chi connectivity index (χ0) is 15.9. The maximum absolute atomic E-state index is 13.4. The molecule has 0 unspecified atom stereocenters. The first-order valence-corrected chi connectivity index (χ1v) is 7.03. The molecule has 0 aliphatic heterocycles. The molecule has 0 radical (unpaired) electrons. The summed E-state index contributed by atoms with van der Waals surface area (Å²) in [4.78, 5) is 13.8. The number of anilines is 1.